The molecule has 0 atom stereocenters. The van der Waals surface area contributed by atoms with Gasteiger partial charge in [-0.25, -0.2) is 0 Å². The van der Waals surface area contributed by atoms with Crippen molar-refractivity contribution in [3.05, 3.63) is 52.1 Å². The Bertz CT molecular complexity index is 885. The van der Waals surface area contributed by atoms with Gasteiger partial charge in [0.25, 0.3) is 5.89 Å². The third kappa shape index (κ3) is 3.20. The molecule has 1 amide bonds. The number of aromatic nitrogens is 2. The molecule has 24 heavy (non-hydrogen) atoms. The minimum Gasteiger partial charge on any atom is -0.333 e. The largest absolute Gasteiger partial charge is 0.333 e. The fourth-order valence-electron chi connectivity index (χ4n) is 2.42. The Balaban J connectivity index is 1.50. The average Bonchev–Trinajstić information content (AvgIpc) is 3.12. The summed E-state index contributed by atoms with van der Waals surface area (Å²) in [5.74, 6) is 1.51. The number of carbonyl (C=O) groups is 1. The highest BCUT2D eigenvalue weighted by Crippen LogP contribution is 2.40. The van der Waals surface area contributed by atoms with E-state index in [1.807, 2.05) is 29.6 Å². The van der Waals surface area contributed by atoms with Crippen molar-refractivity contribution < 1.29 is 9.32 Å². The summed E-state index contributed by atoms with van der Waals surface area (Å²) in [6.07, 6.45) is 2.45. The first-order valence-corrected chi connectivity index (χ1v) is 8.91. The Hall–Kier alpha value is -2.18. The van der Waals surface area contributed by atoms with Crippen LogP contribution in [0.3, 0.4) is 0 Å². The summed E-state index contributed by atoms with van der Waals surface area (Å²) in [5.41, 5.74) is 1.48. The summed E-state index contributed by atoms with van der Waals surface area (Å²) in [4.78, 5) is 17.5. The normalized spacial score (nSPS) is 13.9. The molecule has 0 spiro atoms. The van der Waals surface area contributed by atoms with Gasteiger partial charge in [-0.3, -0.25) is 4.79 Å². The molecule has 0 saturated heterocycles. The van der Waals surface area contributed by atoms with E-state index in [4.69, 9.17) is 16.1 Å². The zero-order chi connectivity index (χ0) is 16.5. The van der Waals surface area contributed by atoms with E-state index in [-0.39, 0.29) is 12.3 Å². The van der Waals surface area contributed by atoms with Crippen LogP contribution in [0.1, 0.15) is 30.1 Å². The minimum atomic E-state index is -0.135. The summed E-state index contributed by atoms with van der Waals surface area (Å²) in [7, 11) is 0. The Morgan fingerprint density at radius 1 is 1.33 bits per heavy atom. The molecule has 3 aromatic rings. The van der Waals surface area contributed by atoms with Crippen molar-refractivity contribution in [2.45, 2.75) is 25.2 Å². The van der Waals surface area contributed by atoms with E-state index in [0.29, 0.717) is 22.5 Å². The molecular formula is C17H14ClN3O2S. The highest BCUT2D eigenvalue weighted by Gasteiger charge is 2.29. The van der Waals surface area contributed by atoms with Crippen LogP contribution in [0.2, 0.25) is 5.02 Å². The molecule has 2 aromatic heterocycles. The average molecular weight is 360 g/mol. The lowest BCUT2D eigenvalue weighted by molar-refractivity contribution is -0.115. The molecule has 1 aromatic carbocycles. The molecule has 1 aliphatic carbocycles. The van der Waals surface area contributed by atoms with Gasteiger partial charge in [0.05, 0.1) is 12.1 Å². The van der Waals surface area contributed by atoms with Gasteiger partial charge in [-0.15, -0.1) is 11.3 Å². The van der Waals surface area contributed by atoms with Crippen molar-refractivity contribution in [2.24, 2.45) is 0 Å². The monoisotopic (exact) mass is 359 g/mol. The maximum absolute atomic E-state index is 12.3. The van der Waals surface area contributed by atoms with Crippen molar-refractivity contribution in [1.29, 1.82) is 0 Å². The van der Waals surface area contributed by atoms with Gasteiger partial charge in [0.1, 0.15) is 4.88 Å². The zero-order valence-corrected chi connectivity index (χ0v) is 14.2. The van der Waals surface area contributed by atoms with Gasteiger partial charge in [0.15, 0.2) is 5.82 Å². The summed E-state index contributed by atoms with van der Waals surface area (Å²) < 4.78 is 5.35. The summed E-state index contributed by atoms with van der Waals surface area (Å²) >= 11 is 7.57. The van der Waals surface area contributed by atoms with Crippen molar-refractivity contribution in [1.82, 2.24) is 10.1 Å². The molecule has 2 heterocycles. The van der Waals surface area contributed by atoms with Crippen LogP contribution in [0.25, 0.3) is 10.8 Å². The van der Waals surface area contributed by atoms with Crippen LogP contribution >= 0.6 is 22.9 Å². The molecule has 7 heteroatoms. The fraction of sp³-hybridized carbons (Fsp3) is 0.235. The first-order valence-electron chi connectivity index (χ1n) is 7.65. The van der Waals surface area contributed by atoms with Crippen LogP contribution in [0, 0.1) is 0 Å². The topological polar surface area (TPSA) is 68.0 Å². The number of halogens is 1. The minimum absolute atomic E-state index is 0.135. The number of anilines is 1. The van der Waals surface area contributed by atoms with E-state index < -0.39 is 0 Å². The van der Waals surface area contributed by atoms with E-state index in [1.54, 1.807) is 6.07 Å². The predicted octanol–water partition coefficient (Wildman–Crippen LogP) is 4.51. The molecule has 4 rings (SSSR count). The van der Waals surface area contributed by atoms with Gasteiger partial charge < -0.3 is 9.84 Å². The third-order valence-corrected chi connectivity index (χ3v) is 5.10. The number of nitrogens with zero attached hydrogens (tertiary/aromatic N) is 2. The first-order chi connectivity index (χ1) is 11.7. The number of thiophene rings is 1. The Morgan fingerprint density at radius 3 is 2.96 bits per heavy atom. The van der Waals surface area contributed by atoms with Crippen molar-refractivity contribution >= 4 is 34.5 Å². The van der Waals surface area contributed by atoms with Crippen molar-refractivity contribution in [3.8, 4) is 10.8 Å². The Kier molecular flexibility index (Phi) is 4.08. The second kappa shape index (κ2) is 6.37. The van der Waals surface area contributed by atoms with Crippen LogP contribution in [0.15, 0.2) is 40.2 Å². The molecule has 1 saturated carbocycles. The quantitative estimate of drug-likeness (QED) is 0.727. The van der Waals surface area contributed by atoms with Crippen LogP contribution in [-0.2, 0) is 11.2 Å². The third-order valence-electron chi connectivity index (χ3n) is 3.83. The molecule has 0 radical (unpaired) electrons. The number of benzene rings is 1. The van der Waals surface area contributed by atoms with Gasteiger partial charge >= 0.3 is 0 Å². The van der Waals surface area contributed by atoms with E-state index in [0.717, 1.165) is 29.1 Å². The molecule has 1 aliphatic rings. The lowest BCUT2D eigenvalue weighted by atomic mass is 10.1. The van der Waals surface area contributed by atoms with E-state index in [9.17, 15) is 4.79 Å². The van der Waals surface area contributed by atoms with Crippen molar-refractivity contribution in [3.63, 3.8) is 0 Å². The maximum Gasteiger partial charge on any atom is 0.270 e. The molecule has 122 valence electrons. The lowest BCUT2D eigenvalue weighted by Crippen LogP contribution is -2.14. The summed E-state index contributed by atoms with van der Waals surface area (Å²) in [6.45, 7) is 0. The van der Waals surface area contributed by atoms with Gasteiger partial charge in [0.2, 0.25) is 5.91 Å². The lowest BCUT2D eigenvalue weighted by Gasteiger charge is -2.06. The molecule has 0 bridgehead atoms. The standard InChI is InChI=1S/C17H14ClN3O2S/c18-12-4-2-1-3-11(12)9-14(22)19-13-7-8-24-15(13)17-20-16(21-23-17)10-5-6-10/h1-4,7-8,10H,5-6,9H2,(H,19,22). The number of rotatable bonds is 5. The SMILES string of the molecule is O=C(Cc1ccccc1Cl)Nc1ccsc1-c1nc(C2CC2)no1. The van der Waals surface area contributed by atoms with Gasteiger partial charge in [0, 0.05) is 10.9 Å². The second-order valence-electron chi connectivity index (χ2n) is 5.71. The second-order valence-corrected chi connectivity index (χ2v) is 7.04. The highest BCUT2D eigenvalue weighted by atomic mass is 35.5. The first kappa shape index (κ1) is 15.4. The Morgan fingerprint density at radius 2 is 2.17 bits per heavy atom. The number of carbonyl (C=O) groups excluding carboxylic acids is 1. The van der Waals surface area contributed by atoms with Gasteiger partial charge in [-0.1, -0.05) is 35.0 Å². The van der Waals surface area contributed by atoms with Gasteiger partial charge in [-0.2, -0.15) is 4.98 Å². The predicted molar refractivity (Wildman–Crippen MR) is 93.4 cm³/mol. The van der Waals surface area contributed by atoms with E-state index in [1.165, 1.54) is 11.3 Å². The molecule has 0 unspecified atom stereocenters. The maximum atomic E-state index is 12.3. The Labute approximate surface area is 147 Å². The molecule has 1 fully saturated rings. The number of amides is 1. The molecule has 1 N–H and O–H groups in total. The zero-order valence-electron chi connectivity index (χ0n) is 12.7. The summed E-state index contributed by atoms with van der Waals surface area (Å²) in [5, 5.41) is 9.41. The van der Waals surface area contributed by atoms with Crippen LogP contribution in [-0.4, -0.2) is 16.0 Å². The van der Waals surface area contributed by atoms with Crippen LogP contribution in [0.4, 0.5) is 5.69 Å². The highest BCUT2D eigenvalue weighted by molar-refractivity contribution is 7.14. The fourth-order valence-corrected chi connectivity index (χ4v) is 3.39. The number of nitrogens with one attached hydrogen (secondary N) is 1. The van der Waals surface area contributed by atoms with Crippen molar-refractivity contribution in [2.75, 3.05) is 5.32 Å². The number of hydrogen-bond donors (Lipinski definition) is 1. The smallest absolute Gasteiger partial charge is 0.270 e. The molecule has 0 aliphatic heterocycles. The van der Waals surface area contributed by atoms with Crippen LogP contribution in [0.5, 0.6) is 0 Å². The number of hydrogen-bond acceptors (Lipinski definition) is 5. The van der Waals surface area contributed by atoms with Gasteiger partial charge in [-0.05, 0) is 35.9 Å². The summed E-state index contributed by atoms with van der Waals surface area (Å²) in [6, 6.07) is 9.16. The van der Waals surface area contributed by atoms with Crippen LogP contribution < -0.4 is 5.32 Å². The molecule has 5 nitrogen and oxygen atoms in total. The van der Waals surface area contributed by atoms with E-state index in [2.05, 4.69) is 15.5 Å². The van der Waals surface area contributed by atoms with E-state index >= 15 is 0 Å². The molecular weight excluding hydrogens is 346 g/mol.